The van der Waals surface area contributed by atoms with Gasteiger partial charge in [-0.1, -0.05) is 23.7 Å². The summed E-state index contributed by atoms with van der Waals surface area (Å²) in [5.41, 5.74) is 9.25. The molecule has 0 radical (unpaired) electrons. The summed E-state index contributed by atoms with van der Waals surface area (Å²) < 4.78 is 0. The van der Waals surface area contributed by atoms with Gasteiger partial charge in [-0.15, -0.1) is 0 Å². The van der Waals surface area contributed by atoms with Crippen molar-refractivity contribution >= 4 is 23.0 Å². The molecule has 0 saturated heterocycles. The van der Waals surface area contributed by atoms with Crippen LogP contribution in [0, 0.1) is 6.92 Å². The van der Waals surface area contributed by atoms with Crippen molar-refractivity contribution in [1.29, 1.82) is 0 Å². The maximum absolute atomic E-state index is 5.94. The van der Waals surface area contributed by atoms with Crippen LogP contribution in [-0.2, 0) is 6.54 Å². The minimum absolute atomic E-state index is 0.562. The average molecular weight is 248 g/mol. The molecular weight excluding hydrogens is 234 g/mol. The van der Waals surface area contributed by atoms with Gasteiger partial charge in [0.1, 0.15) is 0 Å². The van der Waals surface area contributed by atoms with E-state index in [-0.39, 0.29) is 0 Å². The topological polar surface area (TPSA) is 50.9 Å². The lowest BCUT2D eigenvalue weighted by atomic mass is 10.2. The first-order valence-electron chi connectivity index (χ1n) is 5.37. The molecule has 2 aromatic rings. The largest absolute Gasteiger partial charge is 0.396 e. The minimum Gasteiger partial charge on any atom is -0.396 e. The smallest absolute Gasteiger partial charge is 0.0739 e. The van der Waals surface area contributed by atoms with Gasteiger partial charge in [0.15, 0.2) is 0 Å². The molecule has 2 rings (SSSR count). The van der Waals surface area contributed by atoms with Gasteiger partial charge in [0, 0.05) is 5.69 Å². The van der Waals surface area contributed by atoms with Crippen molar-refractivity contribution < 1.29 is 0 Å². The van der Waals surface area contributed by atoms with Crippen LogP contribution < -0.4 is 11.1 Å². The molecule has 0 spiro atoms. The van der Waals surface area contributed by atoms with Crippen molar-refractivity contribution in [2.75, 3.05) is 11.1 Å². The van der Waals surface area contributed by atoms with E-state index in [0.29, 0.717) is 17.3 Å². The summed E-state index contributed by atoms with van der Waals surface area (Å²) in [5.74, 6) is 0. The van der Waals surface area contributed by atoms with Crippen LogP contribution in [0.3, 0.4) is 0 Å². The molecule has 3 N–H and O–H groups in total. The highest BCUT2D eigenvalue weighted by Gasteiger charge is 2.02. The highest BCUT2D eigenvalue weighted by atomic mass is 35.5. The quantitative estimate of drug-likeness (QED) is 0.819. The number of hydrogen-bond acceptors (Lipinski definition) is 3. The highest BCUT2D eigenvalue weighted by Crippen LogP contribution is 2.26. The van der Waals surface area contributed by atoms with Crippen molar-refractivity contribution in [2.45, 2.75) is 13.5 Å². The van der Waals surface area contributed by atoms with Gasteiger partial charge in [-0.3, -0.25) is 4.98 Å². The Morgan fingerprint density at radius 2 is 2.00 bits per heavy atom. The first-order chi connectivity index (χ1) is 8.16. The molecule has 0 unspecified atom stereocenters. The van der Waals surface area contributed by atoms with Gasteiger partial charge >= 0.3 is 0 Å². The lowest BCUT2D eigenvalue weighted by Crippen LogP contribution is -2.04. The lowest BCUT2D eigenvalue weighted by Gasteiger charge is -2.10. The Labute approximate surface area is 106 Å². The number of nitrogens with one attached hydrogen (secondary N) is 1. The van der Waals surface area contributed by atoms with Crippen LogP contribution in [0.2, 0.25) is 5.02 Å². The van der Waals surface area contributed by atoms with Gasteiger partial charge in [-0.05, 0) is 31.2 Å². The van der Waals surface area contributed by atoms with E-state index in [2.05, 4.69) is 10.3 Å². The summed E-state index contributed by atoms with van der Waals surface area (Å²) in [6.45, 7) is 2.60. The summed E-state index contributed by atoms with van der Waals surface area (Å²) in [7, 11) is 0. The molecule has 1 aromatic heterocycles. The van der Waals surface area contributed by atoms with Gasteiger partial charge in [0.2, 0.25) is 0 Å². The molecule has 0 amide bonds. The Bertz CT molecular complexity index is 526. The van der Waals surface area contributed by atoms with Crippen molar-refractivity contribution in [3.05, 3.63) is 52.8 Å². The summed E-state index contributed by atoms with van der Waals surface area (Å²) in [6.07, 6.45) is 0. The van der Waals surface area contributed by atoms with E-state index in [1.54, 1.807) is 6.07 Å². The van der Waals surface area contributed by atoms with Gasteiger partial charge in [-0.25, -0.2) is 0 Å². The van der Waals surface area contributed by atoms with E-state index in [0.717, 1.165) is 17.1 Å². The fraction of sp³-hybridized carbons (Fsp3) is 0.154. The normalized spacial score (nSPS) is 10.2. The number of pyridine rings is 1. The zero-order valence-corrected chi connectivity index (χ0v) is 10.3. The molecule has 0 atom stereocenters. The number of para-hydroxylation sites is 1. The molecule has 0 aliphatic rings. The number of aryl methyl sites for hydroxylation is 1. The molecule has 88 valence electrons. The maximum Gasteiger partial charge on any atom is 0.0739 e. The molecule has 0 bridgehead atoms. The van der Waals surface area contributed by atoms with Crippen LogP contribution in [0.5, 0.6) is 0 Å². The highest BCUT2D eigenvalue weighted by molar-refractivity contribution is 6.33. The first kappa shape index (κ1) is 11.7. The number of benzene rings is 1. The zero-order chi connectivity index (χ0) is 12.3. The molecule has 0 fully saturated rings. The zero-order valence-electron chi connectivity index (χ0n) is 9.57. The number of halogens is 1. The second kappa shape index (κ2) is 5.06. The summed E-state index contributed by atoms with van der Waals surface area (Å²) in [6, 6.07) is 11.5. The van der Waals surface area contributed by atoms with E-state index >= 15 is 0 Å². The molecule has 17 heavy (non-hydrogen) atoms. The van der Waals surface area contributed by atoms with Crippen molar-refractivity contribution in [3.63, 3.8) is 0 Å². The Balaban J connectivity index is 2.10. The van der Waals surface area contributed by atoms with Gasteiger partial charge < -0.3 is 11.1 Å². The third kappa shape index (κ3) is 2.88. The standard InChI is InChI=1S/C13H14ClN3/c1-9-4-2-5-10(17-9)8-16-12-7-3-6-11(14)13(12)15/h2-7,16H,8,15H2,1H3. The summed E-state index contributed by atoms with van der Waals surface area (Å²) in [5, 5.41) is 3.79. The molecule has 3 nitrogen and oxygen atoms in total. The van der Waals surface area contributed by atoms with Crippen LogP contribution in [0.15, 0.2) is 36.4 Å². The Kier molecular flexibility index (Phi) is 3.49. The predicted molar refractivity (Wildman–Crippen MR) is 72.2 cm³/mol. The minimum atomic E-state index is 0.562. The molecule has 1 aromatic carbocycles. The number of aromatic nitrogens is 1. The van der Waals surface area contributed by atoms with Crippen LogP contribution in [-0.4, -0.2) is 4.98 Å². The molecule has 0 aliphatic heterocycles. The van der Waals surface area contributed by atoms with Crippen LogP contribution >= 0.6 is 11.6 Å². The Morgan fingerprint density at radius 3 is 2.76 bits per heavy atom. The fourth-order valence-electron chi connectivity index (χ4n) is 1.57. The van der Waals surface area contributed by atoms with E-state index < -0.39 is 0 Å². The van der Waals surface area contributed by atoms with Gasteiger partial charge in [-0.2, -0.15) is 0 Å². The Morgan fingerprint density at radius 1 is 1.24 bits per heavy atom. The van der Waals surface area contributed by atoms with E-state index in [1.807, 2.05) is 37.3 Å². The van der Waals surface area contributed by atoms with E-state index in [1.165, 1.54) is 0 Å². The first-order valence-corrected chi connectivity index (χ1v) is 5.75. The maximum atomic E-state index is 5.94. The third-order valence-electron chi connectivity index (χ3n) is 2.46. The molecule has 0 aliphatic carbocycles. The monoisotopic (exact) mass is 247 g/mol. The molecule has 1 heterocycles. The summed E-state index contributed by atoms with van der Waals surface area (Å²) in [4.78, 5) is 4.40. The van der Waals surface area contributed by atoms with Crippen LogP contribution in [0.1, 0.15) is 11.4 Å². The third-order valence-corrected chi connectivity index (χ3v) is 2.79. The average Bonchev–Trinajstić information content (AvgIpc) is 2.31. The van der Waals surface area contributed by atoms with Crippen molar-refractivity contribution in [2.24, 2.45) is 0 Å². The summed E-state index contributed by atoms with van der Waals surface area (Å²) >= 11 is 5.94. The van der Waals surface area contributed by atoms with E-state index in [9.17, 15) is 0 Å². The second-order valence-corrected chi connectivity index (χ2v) is 4.23. The Hall–Kier alpha value is -1.74. The number of hydrogen-bond donors (Lipinski definition) is 2. The lowest BCUT2D eigenvalue weighted by molar-refractivity contribution is 1.02. The molecule has 0 saturated carbocycles. The number of nitrogens with zero attached hydrogens (tertiary/aromatic N) is 1. The van der Waals surface area contributed by atoms with Crippen molar-refractivity contribution in [3.8, 4) is 0 Å². The molecule has 4 heteroatoms. The molecular formula is C13H14ClN3. The van der Waals surface area contributed by atoms with Crippen LogP contribution in [0.4, 0.5) is 11.4 Å². The van der Waals surface area contributed by atoms with Crippen molar-refractivity contribution in [1.82, 2.24) is 4.98 Å². The fourth-order valence-corrected chi connectivity index (χ4v) is 1.75. The van der Waals surface area contributed by atoms with Gasteiger partial charge in [0.25, 0.3) is 0 Å². The van der Waals surface area contributed by atoms with E-state index in [4.69, 9.17) is 17.3 Å². The number of anilines is 2. The van der Waals surface area contributed by atoms with Crippen LogP contribution in [0.25, 0.3) is 0 Å². The second-order valence-electron chi connectivity index (χ2n) is 3.82. The van der Waals surface area contributed by atoms with Gasteiger partial charge in [0.05, 0.1) is 28.6 Å². The number of nitrogens with two attached hydrogens (primary N) is 1. The SMILES string of the molecule is Cc1cccc(CNc2cccc(Cl)c2N)n1. The predicted octanol–water partition coefficient (Wildman–Crippen LogP) is 3.24. The number of nitrogen functional groups attached to an aromatic ring is 1. The number of rotatable bonds is 3.